The van der Waals surface area contributed by atoms with Gasteiger partial charge in [-0.1, -0.05) is 0 Å². The van der Waals surface area contributed by atoms with Crippen molar-refractivity contribution in [2.24, 2.45) is 0 Å². The number of rotatable bonds is 5. The minimum Gasteiger partial charge on any atom is -1.00 e. The number of hydrogen-bond donors (Lipinski definition) is 0. The van der Waals surface area contributed by atoms with Crippen molar-refractivity contribution in [2.75, 3.05) is 0 Å². The van der Waals surface area contributed by atoms with E-state index in [4.69, 9.17) is 0 Å². The quantitative estimate of drug-likeness (QED) is 0.359. The third-order valence-corrected chi connectivity index (χ3v) is 19.2. The largest absolute Gasteiger partial charge is 1.00 e. The van der Waals surface area contributed by atoms with Gasteiger partial charge in [-0.3, -0.25) is 0 Å². The van der Waals surface area contributed by atoms with Gasteiger partial charge in [0.25, 0.3) is 0 Å². The molecule has 0 fully saturated rings. The fourth-order valence-corrected chi connectivity index (χ4v) is 18.5. The van der Waals surface area contributed by atoms with Crippen LogP contribution >= 0.6 is 0 Å². The Labute approximate surface area is 216 Å². The van der Waals surface area contributed by atoms with Crippen molar-refractivity contribution >= 4 is 9.33 Å². The van der Waals surface area contributed by atoms with Crippen LogP contribution in [0.1, 0.15) is 37.4 Å². The van der Waals surface area contributed by atoms with E-state index in [1.165, 1.54) is 27.8 Å². The van der Waals surface area contributed by atoms with Crippen molar-refractivity contribution in [2.45, 2.75) is 13.3 Å². The van der Waals surface area contributed by atoms with Gasteiger partial charge in [0.2, 0.25) is 0 Å². The van der Waals surface area contributed by atoms with Crippen molar-refractivity contribution in [3.8, 4) is 0 Å². The van der Waals surface area contributed by atoms with Gasteiger partial charge < -0.3 is 12.4 Å². The molecule has 3 aliphatic rings. The van der Waals surface area contributed by atoms with E-state index < -0.39 is 21.0 Å². The van der Waals surface area contributed by atoms with Gasteiger partial charge in [-0.2, -0.15) is 0 Å². The summed E-state index contributed by atoms with van der Waals surface area (Å²) in [6.45, 7) is 0. The van der Waals surface area contributed by atoms with Crippen molar-refractivity contribution in [3.05, 3.63) is 161 Å². The van der Waals surface area contributed by atoms with Crippen LogP contribution in [-0.2, 0) is 21.0 Å². The summed E-state index contributed by atoms with van der Waals surface area (Å²) >= 11 is -2.63. The molecule has 0 aliphatic heterocycles. The Morgan fingerprint density at radius 2 is 1.21 bits per heavy atom. The van der Waals surface area contributed by atoms with Crippen LogP contribution < -0.4 is 12.4 Å². The molecule has 0 radical (unpaired) electrons. The first-order valence-electron chi connectivity index (χ1n) is 11.8. The maximum absolute atomic E-state index is 2.63. The molecular formula is C32H26ClHf. The van der Waals surface area contributed by atoms with E-state index in [9.17, 15) is 0 Å². The molecule has 3 aromatic carbocycles. The zero-order chi connectivity index (χ0) is 22.0. The topological polar surface area (TPSA) is 0 Å². The van der Waals surface area contributed by atoms with Gasteiger partial charge in [0.05, 0.1) is 0 Å². The second-order valence-corrected chi connectivity index (χ2v) is 18.5. The average molecular weight is 625 g/mol. The maximum Gasteiger partial charge on any atom is -1.00 e. The Hall–Kier alpha value is -2.61. The van der Waals surface area contributed by atoms with Crippen LogP contribution in [0.4, 0.5) is 0 Å². The number of hydrogen-bond acceptors (Lipinski definition) is 0. The van der Waals surface area contributed by atoms with Crippen molar-refractivity contribution in [3.63, 3.8) is 0 Å². The van der Waals surface area contributed by atoms with E-state index in [1.54, 1.807) is 3.26 Å². The fourth-order valence-electron chi connectivity index (χ4n) is 5.43. The molecule has 0 spiro atoms. The first-order chi connectivity index (χ1) is 16.4. The number of allylic oxidation sites excluding steroid dienone is 9. The Bertz CT molecular complexity index is 1350. The minimum atomic E-state index is -2.63. The maximum atomic E-state index is 2.52. The molecule has 0 amide bonds. The Morgan fingerprint density at radius 1 is 0.588 bits per heavy atom. The molecule has 1 unspecified atom stereocenters. The first kappa shape index (κ1) is 23.1. The van der Waals surface area contributed by atoms with Gasteiger partial charge in [0.15, 0.2) is 0 Å². The van der Waals surface area contributed by atoms with Gasteiger partial charge in [0, 0.05) is 0 Å². The van der Waals surface area contributed by atoms with Crippen LogP contribution in [-0.4, -0.2) is 3.26 Å². The predicted molar refractivity (Wildman–Crippen MR) is 137 cm³/mol. The number of fused-ring (bicyclic) bond motifs is 1. The zero-order valence-corrected chi connectivity index (χ0v) is 23.2. The van der Waals surface area contributed by atoms with Crippen molar-refractivity contribution < 1.29 is 33.4 Å². The van der Waals surface area contributed by atoms with E-state index in [-0.39, 0.29) is 12.4 Å². The van der Waals surface area contributed by atoms with Gasteiger partial charge in [-0.25, -0.2) is 0 Å². The Balaban J connectivity index is 0.00000241. The standard InChI is InChI=1S/C18H14.C9H7.C5H5.ClH.Hf/c1-2-8-15(9-3-1)14-17-12-6-7-13-18(17)16-10-4-5-11-16;1-2-5-9-7-3-6-8(9)4-1;1-2-4-5-3-1;;/h1-13,16H;1-7H;1-5H;1H;/q;;;;+1/p-1. The monoisotopic (exact) mass is 625 g/mol. The van der Waals surface area contributed by atoms with Crippen LogP contribution in [0.25, 0.3) is 6.08 Å². The fraction of sp³-hybridized carbons (Fsp3) is 0.0938. The van der Waals surface area contributed by atoms with Gasteiger partial charge in [0.1, 0.15) is 0 Å². The third-order valence-electron chi connectivity index (χ3n) is 6.93. The van der Waals surface area contributed by atoms with E-state index in [0.717, 1.165) is 0 Å². The Kier molecular flexibility index (Phi) is 7.04. The molecular weight excluding hydrogens is 598 g/mol. The van der Waals surface area contributed by atoms with Crippen LogP contribution in [0.3, 0.4) is 0 Å². The second kappa shape index (κ2) is 10.3. The molecule has 0 saturated heterocycles. The predicted octanol–water partition coefficient (Wildman–Crippen LogP) is 4.77. The molecule has 0 N–H and O–H groups in total. The summed E-state index contributed by atoms with van der Waals surface area (Å²) in [5.74, 6) is 0.355. The summed E-state index contributed by atoms with van der Waals surface area (Å²) in [5, 5.41) is 0. The summed E-state index contributed by atoms with van der Waals surface area (Å²) in [7, 11) is 0. The molecule has 0 bridgehead atoms. The number of benzene rings is 3. The van der Waals surface area contributed by atoms with Crippen LogP contribution in [0, 0.1) is 0 Å². The van der Waals surface area contributed by atoms with Crippen LogP contribution in [0.5, 0.6) is 0 Å². The van der Waals surface area contributed by atoms with Crippen LogP contribution in [0.2, 0.25) is 3.67 Å². The van der Waals surface area contributed by atoms with E-state index >= 15 is 0 Å². The molecule has 6 rings (SSSR count). The molecule has 165 valence electrons. The summed E-state index contributed by atoms with van der Waals surface area (Å²) in [5.41, 5.74) is 7.23. The van der Waals surface area contributed by atoms with E-state index in [2.05, 4.69) is 140 Å². The van der Waals surface area contributed by atoms with Crippen LogP contribution in [0.15, 0.2) is 134 Å². The summed E-state index contributed by atoms with van der Waals surface area (Å²) < 4.78 is 2.76. The van der Waals surface area contributed by atoms with Gasteiger partial charge in [-0.05, 0) is 0 Å². The molecule has 0 heterocycles. The molecule has 3 aliphatic carbocycles. The van der Waals surface area contributed by atoms with E-state index in [0.29, 0.717) is 13.3 Å². The SMILES string of the molecule is C1=CC(c2ccccc2[C](c2ccccc2)=[Hf+]([CH]2C=CC=C2)[CH]2C=Cc3ccccc32)C=C1.[Cl-]. The minimum absolute atomic E-state index is 0. The summed E-state index contributed by atoms with van der Waals surface area (Å²) in [6, 6.07) is 29.4. The normalized spacial score (nSPS) is 18.9. The zero-order valence-electron chi connectivity index (χ0n) is 18.9. The van der Waals surface area contributed by atoms with Gasteiger partial charge in [-0.15, -0.1) is 0 Å². The van der Waals surface area contributed by atoms with E-state index in [1.807, 2.05) is 0 Å². The molecule has 1 atom stereocenters. The summed E-state index contributed by atoms with van der Waals surface area (Å²) in [6.07, 6.45) is 23.4. The molecule has 0 aromatic heterocycles. The molecule has 0 saturated carbocycles. The Morgan fingerprint density at radius 3 is 1.97 bits per heavy atom. The van der Waals surface area contributed by atoms with Gasteiger partial charge >= 0.3 is 205 Å². The van der Waals surface area contributed by atoms with Crippen molar-refractivity contribution in [1.29, 1.82) is 0 Å². The molecule has 3 aromatic rings. The number of halogens is 1. The molecule has 0 nitrogen and oxygen atoms in total. The summed E-state index contributed by atoms with van der Waals surface area (Å²) in [4.78, 5) is 0. The first-order valence-corrected chi connectivity index (χ1v) is 17.7. The average Bonchev–Trinajstić information content (AvgIpc) is 3.66. The second-order valence-electron chi connectivity index (χ2n) is 8.84. The third kappa shape index (κ3) is 4.28. The smallest absolute Gasteiger partial charge is 1.00 e. The molecule has 34 heavy (non-hydrogen) atoms. The molecule has 2 heteroatoms. The van der Waals surface area contributed by atoms with Crippen molar-refractivity contribution in [1.82, 2.24) is 0 Å².